The molecule has 0 aliphatic heterocycles. The molecule has 0 amide bonds. The van der Waals surface area contributed by atoms with Crippen LogP contribution in [0.15, 0.2) is 34.9 Å². The molecule has 0 heterocycles. The third-order valence-electron chi connectivity index (χ3n) is 10.5. The van der Waals surface area contributed by atoms with Gasteiger partial charge in [-0.2, -0.15) is 0 Å². The van der Waals surface area contributed by atoms with Crippen LogP contribution in [0, 0.1) is 28.6 Å². The molecule has 38 heavy (non-hydrogen) atoms. The van der Waals surface area contributed by atoms with Crippen molar-refractivity contribution in [2.75, 3.05) is 0 Å². The van der Waals surface area contributed by atoms with E-state index in [0.717, 1.165) is 5.57 Å². The highest BCUT2D eigenvalue weighted by atomic mass is 16.5. The Labute approximate surface area is 225 Å². The van der Waals surface area contributed by atoms with Gasteiger partial charge >= 0.3 is 11.9 Å². The molecule has 0 aromatic heterocycles. The van der Waals surface area contributed by atoms with Crippen molar-refractivity contribution in [1.29, 1.82) is 0 Å². The van der Waals surface area contributed by atoms with Crippen molar-refractivity contribution in [1.82, 2.24) is 0 Å². The zero-order chi connectivity index (χ0) is 28.4. The number of aliphatic hydroxyl groups excluding tert-OH is 2. The lowest BCUT2D eigenvalue weighted by Crippen LogP contribution is -2.76. The number of ether oxygens (including phenoxy) is 1. The average molecular weight is 532 g/mol. The largest absolute Gasteiger partial charge is 0.478 e. The van der Waals surface area contributed by atoms with Gasteiger partial charge in [0.05, 0.1) is 17.8 Å². The van der Waals surface area contributed by atoms with E-state index >= 15 is 0 Å². The molecule has 0 unspecified atom stereocenters. The number of aliphatic carboxylic acids is 1. The Bertz CT molecular complexity index is 1080. The van der Waals surface area contributed by atoms with E-state index in [1.807, 2.05) is 19.9 Å². The second kappa shape index (κ2) is 9.86. The first kappa shape index (κ1) is 29.0. The molecule has 4 rings (SSSR count). The van der Waals surface area contributed by atoms with Crippen LogP contribution in [0.2, 0.25) is 0 Å². The Morgan fingerprint density at radius 1 is 1.11 bits per heavy atom. The Kier molecular flexibility index (Phi) is 7.51. The summed E-state index contributed by atoms with van der Waals surface area (Å²) in [6.07, 6.45) is 4.97. The van der Waals surface area contributed by atoms with E-state index in [1.54, 1.807) is 12.2 Å². The molecule has 11 atom stereocenters. The van der Waals surface area contributed by atoms with Gasteiger partial charge in [-0.3, -0.25) is 4.79 Å². The number of nitrogens with two attached hydrogens (primary N) is 3. The summed E-state index contributed by atoms with van der Waals surface area (Å²) < 4.78 is 5.76. The van der Waals surface area contributed by atoms with Gasteiger partial charge in [0.15, 0.2) is 0 Å². The van der Waals surface area contributed by atoms with Crippen LogP contribution in [-0.2, 0) is 14.3 Å². The van der Waals surface area contributed by atoms with Crippen LogP contribution in [0.5, 0.6) is 0 Å². The van der Waals surface area contributed by atoms with Gasteiger partial charge in [-0.25, -0.2) is 4.79 Å². The zero-order valence-electron chi connectivity index (χ0n) is 23.2. The molecule has 0 saturated heterocycles. The lowest BCUT2D eigenvalue weighted by atomic mass is 9.39. The van der Waals surface area contributed by atoms with Gasteiger partial charge in [-0.05, 0) is 80.3 Å². The van der Waals surface area contributed by atoms with Gasteiger partial charge in [0.1, 0.15) is 6.10 Å². The van der Waals surface area contributed by atoms with Crippen molar-refractivity contribution < 1.29 is 29.6 Å². The van der Waals surface area contributed by atoms with Crippen LogP contribution in [0.1, 0.15) is 66.7 Å². The van der Waals surface area contributed by atoms with Gasteiger partial charge in [-0.15, -0.1) is 0 Å². The highest BCUT2D eigenvalue weighted by Crippen LogP contribution is 2.69. The van der Waals surface area contributed by atoms with Gasteiger partial charge in [0.2, 0.25) is 0 Å². The number of fused-ring (bicyclic) bond motifs is 5. The molecule has 9 nitrogen and oxygen atoms in total. The van der Waals surface area contributed by atoms with Crippen LogP contribution >= 0.6 is 0 Å². The smallest absolute Gasteiger partial charge is 0.335 e. The number of rotatable bonds is 4. The topological polar surface area (TPSA) is 182 Å². The van der Waals surface area contributed by atoms with Crippen LogP contribution in [0.3, 0.4) is 0 Å². The summed E-state index contributed by atoms with van der Waals surface area (Å²) in [6, 6.07) is -1.05. The Morgan fingerprint density at radius 2 is 1.76 bits per heavy atom. The first-order valence-electron chi connectivity index (χ1n) is 13.7. The molecule has 4 aliphatic rings. The third kappa shape index (κ3) is 4.27. The number of carbonyl (C=O) groups excluding carboxylic acids is 1. The van der Waals surface area contributed by atoms with E-state index in [0.29, 0.717) is 31.3 Å². The number of hydrogen-bond donors (Lipinski definition) is 6. The number of aliphatic hydroxyl groups is 2. The minimum Gasteiger partial charge on any atom is -0.478 e. The fourth-order valence-electron chi connectivity index (χ4n) is 8.96. The summed E-state index contributed by atoms with van der Waals surface area (Å²) >= 11 is 0. The number of carboxylic acids is 1. The molecule has 4 saturated carbocycles. The first-order valence-corrected chi connectivity index (χ1v) is 13.7. The average Bonchev–Trinajstić information content (AvgIpc) is 3.06. The highest BCUT2D eigenvalue weighted by molar-refractivity contribution is 5.91. The summed E-state index contributed by atoms with van der Waals surface area (Å²) in [5.41, 5.74) is 19.8. The summed E-state index contributed by atoms with van der Waals surface area (Å²) in [7, 11) is 0. The maximum atomic E-state index is 12.5. The first-order chi connectivity index (χ1) is 17.6. The minimum atomic E-state index is -1.11. The molecule has 4 fully saturated rings. The summed E-state index contributed by atoms with van der Waals surface area (Å²) in [5.74, 6) is -2.44. The lowest BCUT2D eigenvalue weighted by molar-refractivity contribution is -0.196. The molecule has 9 N–H and O–H groups in total. The van der Waals surface area contributed by atoms with Crippen molar-refractivity contribution in [2.45, 2.75) is 103 Å². The Morgan fingerprint density at radius 3 is 2.34 bits per heavy atom. The third-order valence-corrected chi connectivity index (χ3v) is 10.5. The number of esters is 1. The van der Waals surface area contributed by atoms with E-state index in [4.69, 9.17) is 21.9 Å². The molecule has 0 aromatic carbocycles. The van der Waals surface area contributed by atoms with Crippen LogP contribution in [0.4, 0.5) is 0 Å². The van der Waals surface area contributed by atoms with E-state index in [2.05, 4.69) is 13.8 Å². The van der Waals surface area contributed by atoms with Gasteiger partial charge < -0.3 is 37.3 Å². The normalized spacial score (nSPS) is 47.5. The Balaban J connectivity index is 1.87. The molecular weight excluding hydrogens is 486 g/mol. The Hall–Kier alpha value is -2.04. The number of carboxylic acid groups (broad SMARTS) is 1. The molecular formula is C29H45N3O6. The maximum absolute atomic E-state index is 12.5. The zero-order valence-corrected chi connectivity index (χ0v) is 23.2. The van der Waals surface area contributed by atoms with Crippen LogP contribution < -0.4 is 17.2 Å². The second-order valence-electron chi connectivity index (χ2n) is 13.0. The van der Waals surface area contributed by atoms with Crippen molar-refractivity contribution in [2.24, 2.45) is 45.8 Å². The van der Waals surface area contributed by atoms with E-state index in [1.165, 1.54) is 6.92 Å². The molecule has 0 bridgehead atoms. The molecule has 9 heteroatoms. The number of hydrogen-bond acceptors (Lipinski definition) is 8. The van der Waals surface area contributed by atoms with Crippen LogP contribution in [0.25, 0.3) is 0 Å². The van der Waals surface area contributed by atoms with Crippen molar-refractivity contribution in [3.63, 3.8) is 0 Å². The predicted octanol–water partition coefficient (Wildman–Crippen LogP) is 1.76. The minimum absolute atomic E-state index is 0.0592. The summed E-state index contributed by atoms with van der Waals surface area (Å²) in [6.45, 7) is 9.30. The number of allylic oxidation sites excluding steroid dienone is 3. The monoisotopic (exact) mass is 531 g/mol. The van der Waals surface area contributed by atoms with Crippen molar-refractivity contribution in [3.05, 3.63) is 34.9 Å². The van der Waals surface area contributed by atoms with Gasteiger partial charge in [-0.1, -0.05) is 31.6 Å². The fourth-order valence-corrected chi connectivity index (χ4v) is 8.96. The van der Waals surface area contributed by atoms with Crippen molar-refractivity contribution in [3.8, 4) is 0 Å². The molecule has 4 aliphatic carbocycles. The molecule has 0 aromatic rings. The van der Waals surface area contributed by atoms with Gasteiger partial charge in [0.25, 0.3) is 0 Å². The van der Waals surface area contributed by atoms with Gasteiger partial charge in [0, 0.05) is 30.5 Å². The maximum Gasteiger partial charge on any atom is 0.335 e. The van der Waals surface area contributed by atoms with Crippen molar-refractivity contribution >= 4 is 11.9 Å². The molecule has 0 spiro atoms. The molecule has 212 valence electrons. The lowest BCUT2D eigenvalue weighted by Gasteiger charge is -2.68. The predicted molar refractivity (Wildman–Crippen MR) is 143 cm³/mol. The van der Waals surface area contributed by atoms with E-state index < -0.39 is 64.6 Å². The fraction of sp³-hybridized carbons (Fsp3) is 0.724. The standard InChI is InChI=1S/C29H45N3O6/c1-14(2)7-6-8-16(26(36)37)22-18-11-20(34)25-27(4)12-19(30)24(35)23(31)17(27)9-10-29(25,32)28(18,5)13-21(22)38-15(3)33/h6-8,17-21,23-25,34-35H,9-13,30-32H2,1-5H3,(H,36,37)/b8-6+,22-16-/t17-,18-,19+,20+,21-,23-,24+,25-,27-,28-,29+/m0/s1. The van der Waals surface area contributed by atoms with E-state index in [9.17, 15) is 24.9 Å². The summed E-state index contributed by atoms with van der Waals surface area (Å²) in [5, 5.41) is 32.7. The highest BCUT2D eigenvalue weighted by Gasteiger charge is 2.72. The summed E-state index contributed by atoms with van der Waals surface area (Å²) in [4.78, 5) is 24.7. The SMILES string of the molecule is CC(=O)O[C@H]1C[C@@]2(C)[C@@H](C[C@@H](O)[C@H]3[C@@]4(C)C[C@@H](N)[C@@H](O)[C@@H](N)[C@@H]4CC[C@@]32N)/C1=C(\C=C\C=C(C)C)C(=O)O. The van der Waals surface area contributed by atoms with E-state index in [-0.39, 0.29) is 23.8 Å². The quantitative estimate of drug-likeness (QED) is 0.179. The second-order valence-corrected chi connectivity index (χ2v) is 13.0. The molecule has 0 radical (unpaired) electrons. The van der Waals surface area contributed by atoms with Crippen LogP contribution in [-0.4, -0.2) is 63.2 Å². The number of carbonyl (C=O) groups is 2.